The third kappa shape index (κ3) is 5.41. The molecular formula is C25H28O6. The van der Waals surface area contributed by atoms with Crippen molar-refractivity contribution in [1.29, 1.82) is 0 Å². The summed E-state index contributed by atoms with van der Waals surface area (Å²) in [6.45, 7) is 0.427. The molecule has 3 rings (SSSR count). The molecule has 31 heavy (non-hydrogen) atoms. The van der Waals surface area contributed by atoms with E-state index in [1.807, 2.05) is 48.5 Å². The van der Waals surface area contributed by atoms with Crippen molar-refractivity contribution in [3.05, 3.63) is 77.4 Å². The second-order valence-electron chi connectivity index (χ2n) is 6.94. The summed E-state index contributed by atoms with van der Waals surface area (Å²) in [5, 5.41) is 10.9. The summed E-state index contributed by atoms with van der Waals surface area (Å²) in [5.74, 6) is 2.75. The lowest BCUT2D eigenvalue weighted by Gasteiger charge is -2.18. The van der Waals surface area contributed by atoms with Crippen molar-refractivity contribution in [3.8, 4) is 28.7 Å². The molecule has 3 aromatic carbocycles. The van der Waals surface area contributed by atoms with Crippen LogP contribution in [0.3, 0.4) is 0 Å². The highest BCUT2D eigenvalue weighted by Gasteiger charge is 2.18. The Balaban J connectivity index is 1.80. The molecule has 164 valence electrons. The van der Waals surface area contributed by atoms with Crippen LogP contribution in [0.25, 0.3) is 0 Å². The van der Waals surface area contributed by atoms with Crippen LogP contribution in [0.5, 0.6) is 28.7 Å². The van der Waals surface area contributed by atoms with Crippen LogP contribution in [-0.4, -0.2) is 33.5 Å². The number of aliphatic hydroxyl groups is 1. The van der Waals surface area contributed by atoms with Gasteiger partial charge in [-0.15, -0.1) is 0 Å². The van der Waals surface area contributed by atoms with Crippen molar-refractivity contribution in [2.75, 3.05) is 28.4 Å². The van der Waals surface area contributed by atoms with Crippen LogP contribution in [0.2, 0.25) is 0 Å². The quantitative estimate of drug-likeness (QED) is 0.514. The number of hydrogen-bond acceptors (Lipinski definition) is 6. The Morgan fingerprint density at radius 1 is 0.677 bits per heavy atom. The molecule has 0 spiro atoms. The Labute approximate surface area is 182 Å². The molecule has 1 N–H and O–H groups in total. The van der Waals surface area contributed by atoms with E-state index in [2.05, 4.69) is 0 Å². The minimum atomic E-state index is -0.774. The largest absolute Gasteiger partial charge is 0.493 e. The van der Waals surface area contributed by atoms with Crippen LogP contribution < -0.4 is 23.7 Å². The normalized spacial score (nSPS) is 11.5. The summed E-state index contributed by atoms with van der Waals surface area (Å²) in [5.41, 5.74) is 2.63. The maximum Gasteiger partial charge on any atom is 0.203 e. The van der Waals surface area contributed by atoms with Crippen LogP contribution >= 0.6 is 0 Å². The summed E-state index contributed by atoms with van der Waals surface area (Å²) in [6.07, 6.45) is -0.395. The van der Waals surface area contributed by atoms with Crippen molar-refractivity contribution in [3.63, 3.8) is 0 Å². The standard InChI is InChI=1S/C25H28O6/c1-27-21-11-10-18(13-22(21)31-16-17-8-6-5-7-9-17)12-20(26)19-14-23(28-2)25(30-4)24(15-19)29-3/h5-11,13-15,20,26H,12,16H2,1-4H3. The van der Waals surface area contributed by atoms with Gasteiger partial charge in [0, 0.05) is 6.42 Å². The third-order valence-corrected chi connectivity index (χ3v) is 4.97. The lowest BCUT2D eigenvalue weighted by Crippen LogP contribution is -2.05. The number of benzene rings is 3. The molecule has 1 atom stereocenters. The third-order valence-electron chi connectivity index (χ3n) is 4.97. The Morgan fingerprint density at radius 3 is 1.90 bits per heavy atom. The van der Waals surface area contributed by atoms with E-state index in [1.54, 1.807) is 40.6 Å². The van der Waals surface area contributed by atoms with Gasteiger partial charge in [0.25, 0.3) is 0 Å². The maximum absolute atomic E-state index is 10.9. The van der Waals surface area contributed by atoms with E-state index in [9.17, 15) is 5.11 Å². The molecule has 0 heterocycles. The minimum absolute atomic E-state index is 0.379. The van der Waals surface area contributed by atoms with Gasteiger partial charge in [-0.05, 0) is 41.0 Å². The molecule has 1 unspecified atom stereocenters. The molecular weight excluding hydrogens is 396 g/mol. The van der Waals surface area contributed by atoms with E-state index in [1.165, 1.54) is 0 Å². The first kappa shape index (κ1) is 22.3. The van der Waals surface area contributed by atoms with E-state index in [0.29, 0.717) is 47.3 Å². The van der Waals surface area contributed by atoms with Gasteiger partial charge in [0.1, 0.15) is 6.61 Å². The molecule has 6 heteroatoms. The summed E-state index contributed by atoms with van der Waals surface area (Å²) in [4.78, 5) is 0. The Kier molecular flexibility index (Phi) is 7.62. The fourth-order valence-corrected chi connectivity index (χ4v) is 3.33. The number of methoxy groups -OCH3 is 4. The molecule has 0 bridgehead atoms. The van der Waals surface area contributed by atoms with Crippen LogP contribution in [0.1, 0.15) is 22.8 Å². The van der Waals surface area contributed by atoms with Gasteiger partial charge in [-0.25, -0.2) is 0 Å². The number of rotatable bonds is 10. The average Bonchev–Trinajstić information content (AvgIpc) is 2.82. The minimum Gasteiger partial charge on any atom is -0.493 e. The molecule has 0 aliphatic carbocycles. The first-order chi connectivity index (χ1) is 15.1. The predicted octanol–water partition coefficient (Wildman–Crippen LogP) is 4.58. The van der Waals surface area contributed by atoms with E-state index in [4.69, 9.17) is 23.7 Å². The van der Waals surface area contributed by atoms with E-state index >= 15 is 0 Å². The molecule has 3 aromatic rings. The lowest BCUT2D eigenvalue weighted by atomic mass is 10.00. The zero-order valence-corrected chi connectivity index (χ0v) is 18.3. The summed E-state index contributed by atoms with van der Waals surface area (Å²) in [7, 11) is 6.25. The van der Waals surface area contributed by atoms with Gasteiger partial charge < -0.3 is 28.8 Å². The zero-order valence-electron chi connectivity index (χ0n) is 18.3. The highest BCUT2D eigenvalue weighted by molar-refractivity contribution is 5.54. The van der Waals surface area contributed by atoms with Gasteiger partial charge in [0.2, 0.25) is 5.75 Å². The van der Waals surface area contributed by atoms with Crippen molar-refractivity contribution in [2.45, 2.75) is 19.1 Å². The molecule has 0 fully saturated rings. The van der Waals surface area contributed by atoms with E-state index < -0.39 is 6.10 Å². The van der Waals surface area contributed by atoms with Gasteiger partial charge in [0.15, 0.2) is 23.0 Å². The topological polar surface area (TPSA) is 66.4 Å². The van der Waals surface area contributed by atoms with Crippen molar-refractivity contribution < 1.29 is 28.8 Å². The highest BCUT2D eigenvalue weighted by Crippen LogP contribution is 2.40. The van der Waals surface area contributed by atoms with Crippen LogP contribution in [0.4, 0.5) is 0 Å². The molecule has 0 aromatic heterocycles. The number of hydrogen-bond donors (Lipinski definition) is 1. The van der Waals surface area contributed by atoms with Crippen molar-refractivity contribution in [1.82, 2.24) is 0 Å². The molecule has 0 amide bonds. The van der Waals surface area contributed by atoms with Gasteiger partial charge in [-0.3, -0.25) is 0 Å². The molecule has 0 aliphatic heterocycles. The molecule has 0 radical (unpaired) electrons. The van der Waals surface area contributed by atoms with E-state index in [-0.39, 0.29) is 0 Å². The lowest BCUT2D eigenvalue weighted by molar-refractivity contribution is 0.177. The molecule has 0 saturated carbocycles. The second kappa shape index (κ2) is 10.6. The smallest absolute Gasteiger partial charge is 0.203 e. The van der Waals surface area contributed by atoms with Crippen LogP contribution in [0.15, 0.2) is 60.7 Å². The highest BCUT2D eigenvalue weighted by atomic mass is 16.5. The predicted molar refractivity (Wildman–Crippen MR) is 119 cm³/mol. The average molecular weight is 424 g/mol. The van der Waals surface area contributed by atoms with Gasteiger partial charge in [-0.1, -0.05) is 36.4 Å². The molecule has 0 saturated heterocycles. The van der Waals surface area contributed by atoms with Crippen LogP contribution in [0, 0.1) is 0 Å². The molecule has 0 aliphatic rings. The Hall–Kier alpha value is -3.38. The SMILES string of the molecule is COc1ccc(CC(O)c2cc(OC)c(OC)c(OC)c2)cc1OCc1ccccc1. The summed E-state index contributed by atoms with van der Waals surface area (Å²) < 4.78 is 27.5. The van der Waals surface area contributed by atoms with E-state index in [0.717, 1.165) is 11.1 Å². The fraction of sp³-hybridized carbons (Fsp3) is 0.280. The molecule has 6 nitrogen and oxygen atoms in total. The summed E-state index contributed by atoms with van der Waals surface area (Å²) >= 11 is 0. The van der Waals surface area contributed by atoms with Gasteiger partial charge in [-0.2, -0.15) is 0 Å². The zero-order chi connectivity index (χ0) is 22.2. The monoisotopic (exact) mass is 424 g/mol. The Bertz CT molecular complexity index is 962. The van der Waals surface area contributed by atoms with Crippen LogP contribution in [-0.2, 0) is 13.0 Å². The fourth-order valence-electron chi connectivity index (χ4n) is 3.33. The second-order valence-corrected chi connectivity index (χ2v) is 6.94. The summed E-state index contributed by atoms with van der Waals surface area (Å²) in [6, 6.07) is 19.1. The van der Waals surface area contributed by atoms with Gasteiger partial charge >= 0.3 is 0 Å². The van der Waals surface area contributed by atoms with Crippen molar-refractivity contribution in [2.24, 2.45) is 0 Å². The van der Waals surface area contributed by atoms with Crippen molar-refractivity contribution >= 4 is 0 Å². The first-order valence-electron chi connectivity index (χ1n) is 9.91. The number of aliphatic hydroxyl groups excluding tert-OH is 1. The Morgan fingerprint density at radius 2 is 1.32 bits per heavy atom. The first-order valence-corrected chi connectivity index (χ1v) is 9.91. The maximum atomic E-state index is 10.9. The van der Waals surface area contributed by atoms with Gasteiger partial charge in [0.05, 0.1) is 34.5 Å². The number of ether oxygens (including phenoxy) is 5.